The summed E-state index contributed by atoms with van der Waals surface area (Å²) in [6.07, 6.45) is 0. The van der Waals surface area contributed by atoms with E-state index < -0.39 is 0 Å². The molecule has 0 unspecified atom stereocenters. The highest BCUT2D eigenvalue weighted by atomic mass is 79.9. The van der Waals surface area contributed by atoms with Crippen LogP contribution in [-0.2, 0) is 0 Å². The molecule has 4 heteroatoms. The van der Waals surface area contributed by atoms with Gasteiger partial charge in [0.05, 0.1) is 32.2 Å². The van der Waals surface area contributed by atoms with Crippen molar-refractivity contribution in [3.05, 3.63) is 130 Å². The van der Waals surface area contributed by atoms with Crippen molar-refractivity contribution < 1.29 is 0 Å². The normalized spacial score (nSPS) is 11.4. The van der Waals surface area contributed by atoms with Crippen LogP contribution in [0.3, 0.4) is 0 Å². The summed E-state index contributed by atoms with van der Waals surface area (Å²) in [6, 6.07) is 41.8. The Hall–Kier alpha value is -4.12. The number of rotatable bonds is 3. The summed E-state index contributed by atoms with van der Waals surface area (Å²) in [6.45, 7) is 4.00. The Bertz CT molecular complexity index is 2150. The lowest BCUT2D eigenvalue weighted by Gasteiger charge is -2.09. The SMILES string of the molecule is Brc1cscc1-n1c2ccccc2c2cc(-c3ccc4c(c3)c3ccccc3n4-c3ccccc3)ccc21.CC. The van der Waals surface area contributed by atoms with Crippen molar-refractivity contribution in [1.82, 2.24) is 9.13 Å². The Balaban J connectivity index is 0.00000130. The molecular formula is C36H27BrN2S. The average Bonchev–Trinajstić information content (AvgIpc) is 3.69. The highest BCUT2D eigenvalue weighted by molar-refractivity contribution is 9.10. The fourth-order valence-electron chi connectivity index (χ4n) is 5.85. The lowest BCUT2D eigenvalue weighted by molar-refractivity contribution is 1.18. The van der Waals surface area contributed by atoms with Crippen molar-refractivity contribution in [3.8, 4) is 22.5 Å². The zero-order valence-corrected chi connectivity index (χ0v) is 24.7. The summed E-state index contributed by atoms with van der Waals surface area (Å²) < 4.78 is 5.85. The van der Waals surface area contributed by atoms with Crippen LogP contribution in [0.4, 0.5) is 0 Å². The van der Waals surface area contributed by atoms with Crippen LogP contribution in [0, 0.1) is 0 Å². The van der Waals surface area contributed by atoms with E-state index in [1.807, 2.05) is 13.8 Å². The molecule has 0 bridgehead atoms. The first-order valence-corrected chi connectivity index (χ1v) is 15.4. The van der Waals surface area contributed by atoms with E-state index >= 15 is 0 Å². The number of benzene rings is 5. The Morgan fingerprint density at radius 3 is 1.57 bits per heavy atom. The second kappa shape index (κ2) is 10.1. The number of hydrogen-bond acceptors (Lipinski definition) is 1. The van der Waals surface area contributed by atoms with Crippen LogP contribution in [0.15, 0.2) is 130 Å². The smallest absolute Gasteiger partial charge is 0.0711 e. The molecule has 0 amide bonds. The number of para-hydroxylation sites is 3. The van der Waals surface area contributed by atoms with Crippen molar-refractivity contribution >= 4 is 70.9 Å². The molecule has 0 atom stereocenters. The molecule has 3 aromatic heterocycles. The first-order valence-electron chi connectivity index (χ1n) is 13.6. The third-order valence-corrected chi connectivity index (χ3v) is 9.20. The summed E-state index contributed by atoms with van der Waals surface area (Å²) in [4.78, 5) is 0. The van der Waals surface area contributed by atoms with Crippen LogP contribution in [0.5, 0.6) is 0 Å². The van der Waals surface area contributed by atoms with E-state index in [1.165, 1.54) is 66.1 Å². The fourth-order valence-corrected chi connectivity index (χ4v) is 7.29. The van der Waals surface area contributed by atoms with Gasteiger partial charge in [-0.1, -0.05) is 80.6 Å². The molecule has 8 rings (SSSR count). The van der Waals surface area contributed by atoms with E-state index in [2.05, 4.69) is 151 Å². The topological polar surface area (TPSA) is 9.86 Å². The molecule has 194 valence electrons. The Morgan fingerprint density at radius 2 is 1.00 bits per heavy atom. The van der Waals surface area contributed by atoms with Crippen molar-refractivity contribution in [3.63, 3.8) is 0 Å². The predicted molar refractivity (Wildman–Crippen MR) is 177 cm³/mol. The summed E-state index contributed by atoms with van der Waals surface area (Å²) in [5.74, 6) is 0. The van der Waals surface area contributed by atoms with Crippen molar-refractivity contribution in [2.45, 2.75) is 13.8 Å². The third-order valence-electron chi connectivity index (χ3n) is 7.53. The second-order valence-corrected chi connectivity index (χ2v) is 11.2. The minimum Gasteiger partial charge on any atom is -0.309 e. The van der Waals surface area contributed by atoms with E-state index in [-0.39, 0.29) is 0 Å². The van der Waals surface area contributed by atoms with Gasteiger partial charge in [-0.25, -0.2) is 0 Å². The van der Waals surface area contributed by atoms with Crippen LogP contribution in [-0.4, -0.2) is 9.13 Å². The number of aromatic nitrogens is 2. The summed E-state index contributed by atoms with van der Waals surface area (Å²) in [7, 11) is 0. The molecular weight excluding hydrogens is 572 g/mol. The number of nitrogens with zero attached hydrogens (tertiary/aromatic N) is 2. The van der Waals surface area contributed by atoms with Crippen molar-refractivity contribution in [2.24, 2.45) is 0 Å². The number of halogens is 1. The largest absolute Gasteiger partial charge is 0.309 e. The standard InChI is InChI=1S/C34H21BrN2S.C2H6/c35-29-20-38-21-34(29)37-31-13-7-5-11-26(31)28-19-23(15-17-33(28)37)22-14-16-32-27(18-22)25-10-4-6-12-30(25)36(32)24-8-2-1-3-9-24;1-2/h1-21H;1-2H3. The Morgan fingerprint density at radius 1 is 0.500 bits per heavy atom. The lowest BCUT2D eigenvalue weighted by Crippen LogP contribution is -1.93. The van der Waals surface area contributed by atoms with Gasteiger partial charge < -0.3 is 9.13 Å². The van der Waals surface area contributed by atoms with E-state index in [1.54, 1.807) is 11.3 Å². The van der Waals surface area contributed by atoms with Gasteiger partial charge in [-0.15, -0.1) is 11.3 Å². The maximum absolute atomic E-state index is 3.76. The Labute approximate surface area is 245 Å². The van der Waals surface area contributed by atoms with Crippen LogP contribution < -0.4 is 0 Å². The van der Waals surface area contributed by atoms with Crippen LogP contribution in [0.1, 0.15) is 13.8 Å². The fraction of sp³-hybridized carbons (Fsp3) is 0.0556. The van der Waals surface area contributed by atoms with Gasteiger partial charge in [-0.2, -0.15) is 0 Å². The van der Waals surface area contributed by atoms with Gasteiger partial charge in [-0.05, 0) is 75.6 Å². The van der Waals surface area contributed by atoms with Gasteiger partial charge >= 0.3 is 0 Å². The number of hydrogen-bond donors (Lipinski definition) is 0. The highest BCUT2D eigenvalue weighted by Gasteiger charge is 2.16. The van der Waals surface area contributed by atoms with Gasteiger partial charge in [0.1, 0.15) is 0 Å². The number of thiophene rings is 1. The van der Waals surface area contributed by atoms with Crippen molar-refractivity contribution in [2.75, 3.05) is 0 Å². The zero-order chi connectivity index (χ0) is 27.2. The molecule has 0 N–H and O–H groups in total. The highest BCUT2D eigenvalue weighted by Crippen LogP contribution is 2.39. The molecule has 0 fully saturated rings. The van der Waals surface area contributed by atoms with Gasteiger partial charge in [0, 0.05) is 38.0 Å². The van der Waals surface area contributed by atoms with Gasteiger partial charge in [0.25, 0.3) is 0 Å². The average molecular weight is 600 g/mol. The molecule has 0 aliphatic rings. The minimum absolute atomic E-state index is 1.12. The van der Waals surface area contributed by atoms with Crippen LogP contribution in [0.2, 0.25) is 0 Å². The summed E-state index contributed by atoms with van der Waals surface area (Å²) in [5, 5.41) is 9.43. The van der Waals surface area contributed by atoms with E-state index in [9.17, 15) is 0 Å². The third kappa shape index (κ3) is 3.82. The molecule has 0 radical (unpaired) electrons. The summed E-state index contributed by atoms with van der Waals surface area (Å²) >= 11 is 5.47. The molecule has 8 aromatic rings. The lowest BCUT2D eigenvalue weighted by atomic mass is 10.0. The van der Waals surface area contributed by atoms with Crippen LogP contribution in [0.25, 0.3) is 66.1 Å². The van der Waals surface area contributed by atoms with E-state index in [0.717, 1.165) is 4.47 Å². The minimum atomic E-state index is 1.12. The maximum Gasteiger partial charge on any atom is 0.0711 e. The zero-order valence-electron chi connectivity index (χ0n) is 22.3. The quantitative estimate of drug-likeness (QED) is 0.191. The molecule has 0 aliphatic carbocycles. The maximum atomic E-state index is 3.76. The molecule has 3 heterocycles. The van der Waals surface area contributed by atoms with Crippen LogP contribution >= 0.6 is 27.3 Å². The molecule has 0 saturated carbocycles. The first kappa shape index (κ1) is 24.9. The van der Waals surface area contributed by atoms with Gasteiger partial charge in [0.15, 0.2) is 0 Å². The molecule has 40 heavy (non-hydrogen) atoms. The summed E-state index contributed by atoms with van der Waals surface area (Å²) in [5.41, 5.74) is 9.71. The molecule has 5 aromatic carbocycles. The monoisotopic (exact) mass is 598 g/mol. The molecule has 0 aliphatic heterocycles. The Kier molecular flexibility index (Phi) is 6.30. The molecule has 0 saturated heterocycles. The molecule has 0 spiro atoms. The molecule has 2 nitrogen and oxygen atoms in total. The first-order chi connectivity index (χ1) is 19.8. The van der Waals surface area contributed by atoms with Gasteiger partial charge in [0.2, 0.25) is 0 Å². The van der Waals surface area contributed by atoms with E-state index in [0.29, 0.717) is 0 Å². The number of fused-ring (bicyclic) bond motifs is 6. The van der Waals surface area contributed by atoms with E-state index in [4.69, 9.17) is 0 Å². The van der Waals surface area contributed by atoms with Crippen molar-refractivity contribution in [1.29, 1.82) is 0 Å². The predicted octanol–water partition coefficient (Wildman–Crippen LogP) is 11.4. The van der Waals surface area contributed by atoms with Gasteiger partial charge in [-0.3, -0.25) is 0 Å². The second-order valence-electron chi connectivity index (χ2n) is 9.61.